The van der Waals surface area contributed by atoms with Crippen LogP contribution in [-0.2, 0) is 4.74 Å². The first-order chi connectivity index (χ1) is 12.7. The summed E-state index contributed by atoms with van der Waals surface area (Å²) in [6.07, 6.45) is 0.506. The van der Waals surface area contributed by atoms with Crippen molar-refractivity contribution in [1.29, 1.82) is 0 Å². The highest BCUT2D eigenvalue weighted by Crippen LogP contribution is 2.23. The molecule has 0 radical (unpaired) electrons. The summed E-state index contributed by atoms with van der Waals surface area (Å²) in [6.45, 7) is 6.54. The van der Waals surface area contributed by atoms with Crippen molar-refractivity contribution >= 4 is 23.4 Å². The highest BCUT2D eigenvalue weighted by molar-refractivity contribution is 7.99. The molecule has 27 heavy (non-hydrogen) atoms. The number of hydrogen-bond acceptors (Lipinski definition) is 8. The smallest absolute Gasteiger partial charge is 0.180 e. The zero-order valence-corrected chi connectivity index (χ0v) is 18.3. The monoisotopic (exact) mass is 428 g/mol. The first kappa shape index (κ1) is 25.4. The van der Waals surface area contributed by atoms with Gasteiger partial charge in [0.05, 0.1) is 6.04 Å². The van der Waals surface area contributed by atoms with E-state index in [4.69, 9.17) is 16.3 Å². The molecule has 7 nitrogen and oxygen atoms in total. The maximum Gasteiger partial charge on any atom is 0.180 e. The van der Waals surface area contributed by atoms with Crippen LogP contribution in [0.5, 0.6) is 0 Å². The van der Waals surface area contributed by atoms with Crippen LogP contribution in [0.1, 0.15) is 46.5 Å². The lowest BCUT2D eigenvalue weighted by molar-refractivity contribution is -0.180. The third-order valence-electron chi connectivity index (χ3n) is 5.34. The summed E-state index contributed by atoms with van der Waals surface area (Å²) >= 11 is 7.74. The highest BCUT2D eigenvalue weighted by atomic mass is 35.5. The van der Waals surface area contributed by atoms with Gasteiger partial charge in [-0.15, -0.1) is 23.4 Å². The summed E-state index contributed by atoms with van der Waals surface area (Å²) in [7, 11) is 0. The van der Waals surface area contributed by atoms with Crippen molar-refractivity contribution in [1.82, 2.24) is 10.6 Å². The van der Waals surface area contributed by atoms with Gasteiger partial charge in [0, 0.05) is 11.4 Å². The Morgan fingerprint density at radius 2 is 1.85 bits per heavy atom. The molecule has 1 rings (SSSR count). The molecule has 0 bridgehead atoms. The average molecular weight is 429 g/mol. The molecule has 162 valence electrons. The molecule has 6 N–H and O–H groups in total. The molecule has 0 aliphatic carbocycles. The molecule has 0 amide bonds. The van der Waals surface area contributed by atoms with Crippen molar-refractivity contribution in [3.8, 4) is 0 Å². The number of hydrogen-bond donors (Lipinski definition) is 6. The third-order valence-corrected chi connectivity index (χ3v) is 6.38. The second kappa shape index (κ2) is 12.8. The van der Waals surface area contributed by atoms with Crippen LogP contribution in [0.3, 0.4) is 0 Å². The van der Waals surface area contributed by atoms with Crippen LogP contribution in [0.15, 0.2) is 0 Å². The van der Waals surface area contributed by atoms with Gasteiger partial charge in [0.25, 0.3) is 0 Å². The Bertz CT molecular complexity index is 408. The Kier molecular flexibility index (Phi) is 12.1. The van der Waals surface area contributed by atoms with E-state index in [0.717, 1.165) is 32.2 Å². The standard InChI is InChI=1S/C18H37ClN2O5S/c1-5-12-6-7-13(20-9-8-12)17(23)21-14(10(2)19)16(15(22)18(24)25)26-11(3)27-4/h10-18,20-25H,5-9H2,1-4H3/t10-,11?,12-,13-,14+,15?,16+,17?/m0/s1. The van der Waals surface area contributed by atoms with E-state index in [1.165, 1.54) is 11.8 Å². The predicted octanol–water partition coefficient (Wildman–Crippen LogP) is 0.824. The summed E-state index contributed by atoms with van der Waals surface area (Å²) in [4.78, 5) is 0. The molecule has 0 saturated carbocycles. The lowest BCUT2D eigenvalue weighted by atomic mass is 9.96. The van der Waals surface area contributed by atoms with Gasteiger partial charge in [-0.05, 0) is 51.8 Å². The fraction of sp³-hybridized carbons (Fsp3) is 1.00. The van der Waals surface area contributed by atoms with Gasteiger partial charge in [0.2, 0.25) is 0 Å². The topological polar surface area (TPSA) is 114 Å². The normalized spacial score (nSPS) is 28.2. The lowest BCUT2D eigenvalue weighted by Crippen LogP contribution is -2.61. The zero-order chi connectivity index (χ0) is 20.6. The van der Waals surface area contributed by atoms with Gasteiger partial charge in [0.15, 0.2) is 6.29 Å². The lowest BCUT2D eigenvalue weighted by Gasteiger charge is -2.38. The number of thioether (sulfide) groups is 1. The van der Waals surface area contributed by atoms with Crippen LogP contribution in [0.4, 0.5) is 0 Å². The Morgan fingerprint density at radius 1 is 1.19 bits per heavy atom. The fourth-order valence-electron chi connectivity index (χ4n) is 3.44. The van der Waals surface area contributed by atoms with Crippen LogP contribution in [-0.4, -0.2) is 80.8 Å². The minimum absolute atomic E-state index is 0.144. The van der Waals surface area contributed by atoms with E-state index in [1.807, 2.05) is 6.26 Å². The minimum Gasteiger partial charge on any atom is -0.385 e. The number of halogens is 1. The molecule has 3 unspecified atom stereocenters. The van der Waals surface area contributed by atoms with E-state index in [0.29, 0.717) is 5.92 Å². The Morgan fingerprint density at radius 3 is 2.37 bits per heavy atom. The van der Waals surface area contributed by atoms with Crippen LogP contribution >= 0.6 is 23.4 Å². The molecule has 0 aromatic carbocycles. The Hall–Kier alpha value is 0.360. The van der Waals surface area contributed by atoms with Crippen LogP contribution in [0, 0.1) is 5.92 Å². The van der Waals surface area contributed by atoms with Crippen molar-refractivity contribution in [3.05, 3.63) is 0 Å². The van der Waals surface area contributed by atoms with Gasteiger partial charge in [-0.3, -0.25) is 5.32 Å². The molecule has 8 atom stereocenters. The van der Waals surface area contributed by atoms with Gasteiger partial charge in [-0.25, -0.2) is 0 Å². The molecule has 1 aliphatic heterocycles. The first-order valence-corrected chi connectivity index (χ1v) is 11.5. The summed E-state index contributed by atoms with van der Waals surface area (Å²) < 4.78 is 5.81. The molecule has 9 heteroatoms. The van der Waals surface area contributed by atoms with Crippen LogP contribution in [0.2, 0.25) is 0 Å². The largest absolute Gasteiger partial charge is 0.385 e. The molecular weight excluding hydrogens is 392 g/mol. The summed E-state index contributed by atoms with van der Waals surface area (Å²) in [5.41, 5.74) is -0.290. The number of aliphatic hydroxyl groups excluding tert-OH is 3. The predicted molar refractivity (Wildman–Crippen MR) is 110 cm³/mol. The van der Waals surface area contributed by atoms with Gasteiger partial charge in [-0.1, -0.05) is 13.3 Å². The van der Waals surface area contributed by atoms with Crippen LogP contribution in [0.25, 0.3) is 0 Å². The van der Waals surface area contributed by atoms with Gasteiger partial charge >= 0.3 is 0 Å². The van der Waals surface area contributed by atoms with Gasteiger partial charge in [0.1, 0.15) is 23.9 Å². The number of nitrogens with one attached hydrogen (secondary N) is 2. The van der Waals surface area contributed by atoms with E-state index in [-0.39, 0.29) is 11.5 Å². The number of ether oxygens (including phenoxy) is 1. The minimum atomic E-state index is -1.97. The summed E-state index contributed by atoms with van der Waals surface area (Å²) in [6, 6.07) is -0.825. The maximum absolute atomic E-state index is 10.7. The second-order valence-corrected chi connectivity index (χ2v) is 9.15. The SMILES string of the molecule is CC[C@@H]1CCN[C@H](C(O)N[C@H]([C@H](C)Cl)[C@@H](OC(C)SC)C(O)C(O)O)CC1. The highest BCUT2D eigenvalue weighted by Gasteiger charge is 2.39. The number of rotatable bonds is 11. The summed E-state index contributed by atoms with van der Waals surface area (Å²) in [5.74, 6) is 0.655. The molecule has 1 fully saturated rings. The first-order valence-electron chi connectivity index (χ1n) is 9.75. The molecule has 0 aromatic heterocycles. The van der Waals surface area contributed by atoms with Gasteiger partial charge in [-0.2, -0.15) is 0 Å². The van der Waals surface area contributed by atoms with E-state index < -0.39 is 36.1 Å². The van der Waals surface area contributed by atoms with Crippen molar-refractivity contribution < 1.29 is 25.2 Å². The molecule has 0 spiro atoms. The fourth-order valence-corrected chi connectivity index (χ4v) is 3.89. The third kappa shape index (κ3) is 8.32. The van der Waals surface area contributed by atoms with E-state index >= 15 is 0 Å². The Labute approximate surface area is 172 Å². The maximum atomic E-state index is 10.7. The Balaban J connectivity index is 2.86. The van der Waals surface area contributed by atoms with Gasteiger partial charge < -0.3 is 30.5 Å². The van der Waals surface area contributed by atoms with Crippen molar-refractivity contribution in [2.45, 2.75) is 94.1 Å². The van der Waals surface area contributed by atoms with Crippen molar-refractivity contribution in [2.24, 2.45) is 5.92 Å². The number of alkyl halides is 1. The molecule has 0 aromatic rings. The van der Waals surface area contributed by atoms with E-state index in [1.54, 1.807) is 13.8 Å². The second-order valence-electron chi connectivity index (χ2n) is 7.32. The molecular formula is C18H37ClN2O5S. The van der Waals surface area contributed by atoms with E-state index in [2.05, 4.69) is 17.6 Å². The molecule has 1 heterocycles. The van der Waals surface area contributed by atoms with Crippen molar-refractivity contribution in [2.75, 3.05) is 12.8 Å². The molecule has 1 saturated heterocycles. The molecule has 1 aliphatic rings. The zero-order valence-electron chi connectivity index (χ0n) is 16.7. The number of aliphatic hydroxyl groups is 4. The van der Waals surface area contributed by atoms with Crippen molar-refractivity contribution in [3.63, 3.8) is 0 Å². The quantitative estimate of drug-likeness (QED) is 0.212. The summed E-state index contributed by atoms with van der Waals surface area (Å²) in [5, 5.41) is 45.8. The van der Waals surface area contributed by atoms with E-state index in [9.17, 15) is 20.4 Å². The average Bonchev–Trinajstić information content (AvgIpc) is 2.88. The van der Waals surface area contributed by atoms with Crippen LogP contribution < -0.4 is 10.6 Å².